The van der Waals surface area contributed by atoms with Crippen LogP contribution in [0.5, 0.6) is 0 Å². The third-order valence-electron chi connectivity index (χ3n) is 3.94. The van der Waals surface area contributed by atoms with Gasteiger partial charge in [0.25, 0.3) is 0 Å². The number of aryl methyl sites for hydroxylation is 1. The lowest BCUT2D eigenvalue weighted by atomic mass is 10.1. The van der Waals surface area contributed by atoms with Gasteiger partial charge in [-0.1, -0.05) is 22.0 Å². The Hall–Kier alpha value is -0.500. The van der Waals surface area contributed by atoms with E-state index < -0.39 is 0 Å². The zero-order valence-electron chi connectivity index (χ0n) is 10.5. The zero-order valence-corrected chi connectivity index (χ0v) is 12.0. The normalized spacial score (nSPS) is 19.4. The number of halogens is 1. The molecule has 17 heavy (non-hydrogen) atoms. The Labute approximate surface area is 112 Å². The first-order chi connectivity index (χ1) is 8.28. The first-order valence-electron chi connectivity index (χ1n) is 6.70. The fourth-order valence-electron chi connectivity index (χ4n) is 2.44. The molecule has 2 aliphatic rings. The van der Waals surface area contributed by atoms with Gasteiger partial charge in [-0.3, -0.25) is 0 Å². The van der Waals surface area contributed by atoms with Gasteiger partial charge in [-0.05, 0) is 61.8 Å². The van der Waals surface area contributed by atoms with Crippen molar-refractivity contribution in [2.24, 2.45) is 5.92 Å². The van der Waals surface area contributed by atoms with Crippen LogP contribution in [0.2, 0.25) is 0 Å². The van der Waals surface area contributed by atoms with Crippen molar-refractivity contribution in [1.82, 2.24) is 0 Å². The van der Waals surface area contributed by atoms with E-state index in [4.69, 9.17) is 0 Å². The molecule has 2 heteroatoms. The molecule has 2 saturated carbocycles. The summed E-state index contributed by atoms with van der Waals surface area (Å²) in [5.74, 6) is 0.978. The summed E-state index contributed by atoms with van der Waals surface area (Å²) < 4.78 is 0. The Morgan fingerprint density at radius 1 is 1.24 bits per heavy atom. The van der Waals surface area contributed by atoms with Crippen LogP contribution in [0.4, 0.5) is 5.69 Å². The lowest BCUT2D eigenvalue weighted by Crippen LogP contribution is -2.28. The second-order valence-electron chi connectivity index (χ2n) is 5.57. The second-order valence-corrected chi connectivity index (χ2v) is 6.13. The molecule has 0 N–H and O–H groups in total. The number of alkyl halides is 1. The van der Waals surface area contributed by atoms with E-state index >= 15 is 0 Å². The van der Waals surface area contributed by atoms with E-state index in [9.17, 15) is 0 Å². The summed E-state index contributed by atoms with van der Waals surface area (Å²) in [5, 5.41) is 0.963. The highest BCUT2D eigenvalue weighted by Crippen LogP contribution is 2.38. The zero-order chi connectivity index (χ0) is 11.8. The molecular weight excluding hydrogens is 274 g/mol. The van der Waals surface area contributed by atoms with Crippen LogP contribution >= 0.6 is 15.9 Å². The SMILES string of the molecule is Cc1cc(N(CC2CC2)C2CC2)ccc1CBr. The van der Waals surface area contributed by atoms with Crippen molar-refractivity contribution in [1.29, 1.82) is 0 Å². The average Bonchev–Trinajstić information content (AvgIpc) is 3.17. The first kappa shape index (κ1) is 11.6. The number of anilines is 1. The van der Waals surface area contributed by atoms with Crippen LogP contribution in [0.15, 0.2) is 18.2 Å². The molecule has 0 atom stereocenters. The van der Waals surface area contributed by atoms with Gasteiger partial charge in [0.15, 0.2) is 0 Å². The van der Waals surface area contributed by atoms with Crippen LogP contribution < -0.4 is 4.90 Å². The predicted molar refractivity (Wildman–Crippen MR) is 76.9 cm³/mol. The van der Waals surface area contributed by atoms with Gasteiger partial charge in [0.2, 0.25) is 0 Å². The summed E-state index contributed by atoms with van der Waals surface area (Å²) in [4.78, 5) is 2.66. The average molecular weight is 294 g/mol. The maximum atomic E-state index is 3.55. The predicted octanol–water partition coefficient (Wildman–Crippen LogP) is 4.27. The maximum absolute atomic E-state index is 3.55. The van der Waals surface area contributed by atoms with Gasteiger partial charge >= 0.3 is 0 Å². The number of rotatable bonds is 5. The van der Waals surface area contributed by atoms with Crippen LogP contribution in [-0.2, 0) is 5.33 Å². The third-order valence-corrected chi connectivity index (χ3v) is 4.55. The van der Waals surface area contributed by atoms with Crippen LogP contribution in [0.3, 0.4) is 0 Å². The van der Waals surface area contributed by atoms with Gasteiger partial charge in [-0.2, -0.15) is 0 Å². The Bertz CT molecular complexity index is 407. The topological polar surface area (TPSA) is 3.24 Å². The van der Waals surface area contributed by atoms with E-state index in [1.807, 2.05) is 0 Å². The summed E-state index contributed by atoms with van der Waals surface area (Å²) in [6.45, 7) is 3.51. The molecule has 0 spiro atoms. The van der Waals surface area contributed by atoms with E-state index in [0.29, 0.717) is 0 Å². The summed E-state index contributed by atoms with van der Waals surface area (Å²) in [6.07, 6.45) is 5.68. The molecule has 0 unspecified atom stereocenters. The molecule has 1 nitrogen and oxygen atoms in total. The van der Waals surface area contributed by atoms with E-state index in [0.717, 1.165) is 17.3 Å². The molecule has 2 fully saturated rings. The van der Waals surface area contributed by atoms with Crippen molar-refractivity contribution < 1.29 is 0 Å². The second kappa shape index (κ2) is 4.64. The van der Waals surface area contributed by atoms with Crippen LogP contribution in [0, 0.1) is 12.8 Å². The molecule has 0 saturated heterocycles. The minimum absolute atomic E-state index is 0.838. The van der Waals surface area contributed by atoms with Crippen LogP contribution in [0.1, 0.15) is 36.8 Å². The van der Waals surface area contributed by atoms with Gasteiger partial charge in [0.1, 0.15) is 0 Å². The Kier molecular flexibility index (Phi) is 3.16. The maximum Gasteiger partial charge on any atom is 0.0371 e. The lowest BCUT2D eigenvalue weighted by molar-refractivity contribution is 0.718. The fourth-order valence-corrected chi connectivity index (χ4v) is 3.07. The van der Waals surface area contributed by atoms with Gasteiger partial charge < -0.3 is 4.90 Å². The first-order valence-corrected chi connectivity index (χ1v) is 7.82. The van der Waals surface area contributed by atoms with Gasteiger partial charge in [0.05, 0.1) is 0 Å². The molecular formula is C15H20BrN. The highest BCUT2D eigenvalue weighted by atomic mass is 79.9. The van der Waals surface area contributed by atoms with Crippen molar-refractivity contribution in [3.63, 3.8) is 0 Å². The molecule has 0 aliphatic heterocycles. The molecule has 0 amide bonds. The minimum atomic E-state index is 0.838. The Morgan fingerprint density at radius 3 is 2.53 bits per heavy atom. The van der Waals surface area contributed by atoms with Crippen molar-refractivity contribution in [2.45, 2.75) is 44.0 Å². The van der Waals surface area contributed by atoms with Crippen molar-refractivity contribution in [2.75, 3.05) is 11.4 Å². The minimum Gasteiger partial charge on any atom is -0.368 e. The third kappa shape index (κ3) is 2.67. The van der Waals surface area contributed by atoms with Crippen molar-refractivity contribution in [3.8, 4) is 0 Å². The standard InChI is InChI=1S/C15H20BrN/c1-11-8-15(5-4-13(11)9-16)17(14-6-7-14)10-12-2-3-12/h4-5,8,12,14H,2-3,6-7,9-10H2,1H3. The summed E-state index contributed by atoms with van der Waals surface area (Å²) in [5.41, 5.74) is 4.28. The summed E-state index contributed by atoms with van der Waals surface area (Å²) >= 11 is 3.55. The highest BCUT2D eigenvalue weighted by molar-refractivity contribution is 9.08. The van der Waals surface area contributed by atoms with E-state index in [-0.39, 0.29) is 0 Å². The lowest BCUT2D eigenvalue weighted by Gasteiger charge is -2.25. The largest absolute Gasteiger partial charge is 0.368 e. The Morgan fingerprint density at radius 2 is 2.00 bits per heavy atom. The molecule has 0 radical (unpaired) electrons. The molecule has 1 aromatic rings. The molecule has 3 rings (SSSR count). The van der Waals surface area contributed by atoms with Crippen LogP contribution in [-0.4, -0.2) is 12.6 Å². The summed E-state index contributed by atoms with van der Waals surface area (Å²) in [6, 6.07) is 7.80. The monoisotopic (exact) mass is 293 g/mol. The smallest absolute Gasteiger partial charge is 0.0371 e. The number of benzene rings is 1. The van der Waals surface area contributed by atoms with Crippen molar-refractivity contribution >= 4 is 21.6 Å². The quantitative estimate of drug-likeness (QED) is 0.733. The van der Waals surface area contributed by atoms with Gasteiger partial charge in [-0.25, -0.2) is 0 Å². The van der Waals surface area contributed by atoms with Gasteiger partial charge in [-0.15, -0.1) is 0 Å². The number of nitrogens with zero attached hydrogens (tertiary/aromatic N) is 1. The Balaban J connectivity index is 1.81. The summed E-state index contributed by atoms with van der Waals surface area (Å²) in [7, 11) is 0. The fraction of sp³-hybridized carbons (Fsp3) is 0.600. The van der Waals surface area contributed by atoms with E-state index in [1.54, 1.807) is 0 Å². The molecule has 0 heterocycles. The molecule has 2 aliphatic carbocycles. The van der Waals surface area contributed by atoms with Gasteiger partial charge in [0, 0.05) is 23.6 Å². The molecule has 92 valence electrons. The molecule has 0 bridgehead atoms. The number of hydrogen-bond acceptors (Lipinski definition) is 1. The van der Waals surface area contributed by atoms with Crippen molar-refractivity contribution in [3.05, 3.63) is 29.3 Å². The van der Waals surface area contributed by atoms with E-state index in [2.05, 4.69) is 46.0 Å². The van der Waals surface area contributed by atoms with Crippen LogP contribution in [0.25, 0.3) is 0 Å². The molecule has 1 aromatic carbocycles. The number of hydrogen-bond donors (Lipinski definition) is 0. The highest BCUT2D eigenvalue weighted by Gasteiger charge is 2.33. The van der Waals surface area contributed by atoms with E-state index in [1.165, 1.54) is 49.0 Å². The molecule has 0 aromatic heterocycles.